The van der Waals surface area contributed by atoms with Gasteiger partial charge in [0, 0.05) is 12.1 Å². The van der Waals surface area contributed by atoms with E-state index in [9.17, 15) is 23.3 Å². The van der Waals surface area contributed by atoms with Gasteiger partial charge >= 0.3 is 0 Å². The van der Waals surface area contributed by atoms with E-state index in [1.807, 2.05) is 32.9 Å². The van der Waals surface area contributed by atoms with E-state index in [2.05, 4.69) is 10.5 Å². The van der Waals surface area contributed by atoms with E-state index in [1.165, 1.54) is 36.4 Å². The fraction of sp³-hybridized carbons (Fsp3) is 0.231. The van der Waals surface area contributed by atoms with Crippen molar-refractivity contribution in [1.29, 1.82) is 0 Å². The van der Waals surface area contributed by atoms with Crippen LogP contribution in [0.15, 0.2) is 82.8 Å². The van der Waals surface area contributed by atoms with Crippen molar-refractivity contribution in [2.75, 3.05) is 10.8 Å². The van der Waals surface area contributed by atoms with Crippen molar-refractivity contribution in [3.63, 3.8) is 0 Å². The molecule has 0 atom stereocenters. The Balaban J connectivity index is 1.86. The van der Waals surface area contributed by atoms with Crippen molar-refractivity contribution in [3.8, 4) is 0 Å². The van der Waals surface area contributed by atoms with Gasteiger partial charge in [0.1, 0.15) is 6.54 Å². The monoisotopic (exact) mass is 508 g/mol. The lowest BCUT2D eigenvalue weighted by Gasteiger charge is -2.24. The van der Waals surface area contributed by atoms with E-state index < -0.39 is 27.4 Å². The average molecular weight is 509 g/mol. The number of hydrogen-bond acceptors (Lipinski definition) is 6. The van der Waals surface area contributed by atoms with Gasteiger partial charge in [-0.05, 0) is 67.3 Å². The van der Waals surface area contributed by atoms with Crippen molar-refractivity contribution >= 4 is 33.0 Å². The lowest BCUT2D eigenvalue weighted by molar-refractivity contribution is -0.384. The Morgan fingerprint density at radius 3 is 2.11 bits per heavy atom. The number of carbonyl (C=O) groups excluding carboxylic acids is 1. The molecule has 0 saturated heterocycles. The first-order valence-electron chi connectivity index (χ1n) is 11.3. The van der Waals surface area contributed by atoms with Gasteiger partial charge < -0.3 is 0 Å². The minimum absolute atomic E-state index is 0.0592. The second-order valence-electron chi connectivity index (χ2n) is 8.61. The van der Waals surface area contributed by atoms with Crippen LogP contribution in [0, 0.1) is 17.0 Å². The molecule has 3 aromatic carbocycles. The Hall–Kier alpha value is -4.05. The van der Waals surface area contributed by atoms with Crippen molar-refractivity contribution in [2.24, 2.45) is 5.10 Å². The van der Waals surface area contributed by atoms with Crippen molar-refractivity contribution in [1.82, 2.24) is 5.43 Å². The third-order valence-corrected chi connectivity index (χ3v) is 7.38. The molecule has 0 saturated carbocycles. The van der Waals surface area contributed by atoms with Crippen LogP contribution in [0.25, 0.3) is 0 Å². The summed E-state index contributed by atoms with van der Waals surface area (Å²) in [5, 5.41) is 14.9. The van der Waals surface area contributed by atoms with Crippen LogP contribution >= 0.6 is 0 Å². The molecule has 3 rings (SSSR count). The summed E-state index contributed by atoms with van der Waals surface area (Å²) in [4.78, 5) is 23.2. The van der Waals surface area contributed by atoms with Crippen LogP contribution in [0.3, 0.4) is 0 Å². The molecular formula is C26H28N4O5S. The molecule has 1 N–H and O–H groups in total. The van der Waals surface area contributed by atoms with Gasteiger partial charge in [-0.15, -0.1) is 0 Å². The second-order valence-corrected chi connectivity index (χ2v) is 10.5. The Morgan fingerprint density at radius 2 is 1.58 bits per heavy atom. The molecule has 10 heteroatoms. The van der Waals surface area contributed by atoms with E-state index in [0.717, 1.165) is 15.4 Å². The molecule has 1 amide bonds. The number of nitro benzene ring substituents is 1. The molecular weight excluding hydrogens is 480 g/mol. The zero-order valence-corrected chi connectivity index (χ0v) is 21.3. The maximum Gasteiger partial charge on any atom is 0.269 e. The molecule has 0 aliphatic carbocycles. The molecule has 3 aromatic rings. The zero-order chi connectivity index (χ0) is 26.5. The van der Waals surface area contributed by atoms with Crippen LogP contribution in [0.4, 0.5) is 11.4 Å². The normalized spacial score (nSPS) is 11.9. The van der Waals surface area contributed by atoms with E-state index in [0.29, 0.717) is 17.0 Å². The Labute approximate surface area is 210 Å². The Bertz CT molecular complexity index is 1370. The van der Waals surface area contributed by atoms with Crippen molar-refractivity contribution < 1.29 is 18.1 Å². The van der Waals surface area contributed by atoms with E-state index in [4.69, 9.17) is 0 Å². The summed E-state index contributed by atoms with van der Waals surface area (Å²) >= 11 is 0. The van der Waals surface area contributed by atoms with Crippen LogP contribution < -0.4 is 9.73 Å². The summed E-state index contributed by atoms with van der Waals surface area (Å²) in [6.45, 7) is 7.07. The predicted molar refractivity (Wildman–Crippen MR) is 140 cm³/mol. The van der Waals surface area contributed by atoms with Crippen LogP contribution in [-0.2, 0) is 14.8 Å². The summed E-state index contributed by atoms with van der Waals surface area (Å²) in [5.74, 6) is -0.374. The Morgan fingerprint density at radius 1 is 1.00 bits per heavy atom. The smallest absolute Gasteiger partial charge is 0.269 e. The highest BCUT2D eigenvalue weighted by Gasteiger charge is 2.27. The number of rotatable bonds is 9. The van der Waals surface area contributed by atoms with Gasteiger partial charge in [0.05, 0.1) is 21.2 Å². The number of hydrogen-bond donors (Lipinski definition) is 1. The quantitative estimate of drug-likeness (QED) is 0.254. The van der Waals surface area contributed by atoms with Gasteiger partial charge in [0.25, 0.3) is 21.6 Å². The average Bonchev–Trinajstić information content (AvgIpc) is 2.86. The number of nitro groups is 1. The molecule has 0 fully saturated rings. The minimum atomic E-state index is -4.04. The highest BCUT2D eigenvalue weighted by Crippen LogP contribution is 2.26. The number of benzene rings is 3. The Kier molecular flexibility index (Phi) is 8.21. The summed E-state index contributed by atoms with van der Waals surface area (Å²) in [7, 11) is -4.04. The number of amides is 1. The molecule has 0 bridgehead atoms. The summed E-state index contributed by atoms with van der Waals surface area (Å²) in [6.07, 6.45) is 0. The van der Waals surface area contributed by atoms with Gasteiger partial charge in [0.15, 0.2) is 0 Å². The number of aryl methyl sites for hydroxylation is 1. The van der Waals surface area contributed by atoms with E-state index in [-0.39, 0.29) is 16.5 Å². The predicted octanol–water partition coefficient (Wildman–Crippen LogP) is 4.76. The molecule has 36 heavy (non-hydrogen) atoms. The number of non-ortho nitro benzene ring substituents is 1. The number of sulfonamides is 1. The van der Waals surface area contributed by atoms with Crippen LogP contribution in [0.1, 0.15) is 43.4 Å². The maximum atomic E-state index is 13.5. The summed E-state index contributed by atoms with van der Waals surface area (Å²) in [6, 6.07) is 19.2. The summed E-state index contributed by atoms with van der Waals surface area (Å²) < 4.78 is 28.0. The third kappa shape index (κ3) is 6.33. The number of carbonyl (C=O) groups is 1. The molecule has 9 nitrogen and oxygen atoms in total. The fourth-order valence-electron chi connectivity index (χ4n) is 3.38. The first-order chi connectivity index (χ1) is 17.0. The molecule has 0 aliphatic rings. The molecule has 0 heterocycles. The lowest BCUT2D eigenvalue weighted by atomic mass is 10.0. The van der Waals surface area contributed by atoms with Crippen molar-refractivity contribution in [2.45, 2.75) is 38.5 Å². The van der Waals surface area contributed by atoms with Gasteiger partial charge in [-0.1, -0.05) is 43.7 Å². The van der Waals surface area contributed by atoms with Crippen molar-refractivity contribution in [3.05, 3.63) is 99.6 Å². The largest absolute Gasteiger partial charge is 0.271 e. The van der Waals surface area contributed by atoms with Crippen LogP contribution in [0.2, 0.25) is 0 Å². The van der Waals surface area contributed by atoms with Gasteiger partial charge in [0.2, 0.25) is 0 Å². The molecule has 0 aliphatic heterocycles. The number of nitrogens with zero attached hydrogens (tertiary/aromatic N) is 3. The number of hydrazone groups is 1. The van der Waals surface area contributed by atoms with Crippen LogP contribution in [-0.4, -0.2) is 31.5 Å². The first-order valence-corrected chi connectivity index (χ1v) is 12.7. The number of nitrogens with one attached hydrogen (secondary N) is 1. The highest BCUT2D eigenvalue weighted by molar-refractivity contribution is 7.92. The molecule has 0 radical (unpaired) electrons. The van der Waals surface area contributed by atoms with E-state index >= 15 is 0 Å². The second kappa shape index (κ2) is 11.1. The molecule has 188 valence electrons. The maximum absolute atomic E-state index is 13.5. The van der Waals surface area contributed by atoms with Gasteiger partial charge in [-0.2, -0.15) is 5.10 Å². The fourth-order valence-corrected chi connectivity index (χ4v) is 4.80. The molecule has 0 unspecified atom stereocenters. The highest BCUT2D eigenvalue weighted by atomic mass is 32.2. The number of anilines is 1. The SMILES string of the molecule is C/C(=N/NC(=O)CN(c1ccc(C(C)C)cc1)S(=O)(=O)c1ccc(C)cc1)c1ccc([N+](=O)[O-])cc1. The topological polar surface area (TPSA) is 122 Å². The first kappa shape index (κ1) is 26.6. The third-order valence-electron chi connectivity index (χ3n) is 5.59. The molecule has 0 spiro atoms. The minimum Gasteiger partial charge on any atom is -0.271 e. The van der Waals surface area contributed by atoms with E-state index in [1.54, 1.807) is 31.2 Å². The zero-order valence-electron chi connectivity index (χ0n) is 20.5. The van der Waals surface area contributed by atoms with Gasteiger partial charge in [-0.3, -0.25) is 19.2 Å². The summed E-state index contributed by atoms with van der Waals surface area (Å²) in [5.41, 5.74) is 5.62. The standard InChI is InChI=1S/C26H28N4O5S/c1-18(2)21-7-11-23(12-8-21)29(36(34,35)25-15-5-19(3)6-16-25)17-26(31)28-27-20(4)22-9-13-24(14-10-22)30(32)33/h5-16,18H,17H2,1-4H3,(H,28,31)/b27-20-. The molecule has 0 aromatic heterocycles. The van der Waals surface area contributed by atoms with Crippen LogP contribution in [0.5, 0.6) is 0 Å². The lowest BCUT2D eigenvalue weighted by Crippen LogP contribution is -2.39. The van der Waals surface area contributed by atoms with Gasteiger partial charge in [-0.25, -0.2) is 13.8 Å².